The highest BCUT2D eigenvalue weighted by Gasteiger charge is 2.34. The van der Waals surface area contributed by atoms with Crippen molar-refractivity contribution in [2.75, 3.05) is 5.01 Å². The fraction of sp³-hybridized carbons (Fsp3) is 0. The van der Waals surface area contributed by atoms with Crippen molar-refractivity contribution < 1.29 is 9.59 Å². The number of benzene rings is 2. The number of rotatable bonds is 2. The highest BCUT2D eigenvalue weighted by Crippen LogP contribution is 2.23. The van der Waals surface area contributed by atoms with Gasteiger partial charge in [-0.05, 0) is 29.8 Å². The summed E-state index contributed by atoms with van der Waals surface area (Å²) in [5, 5.41) is 1.72. The number of carbonyl (C=O) groups excluding carboxylic acids is 2. The van der Waals surface area contributed by atoms with Crippen LogP contribution in [0.15, 0.2) is 60.2 Å². The Labute approximate surface area is 126 Å². The smallest absolute Gasteiger partial charge is 0.267 e. The molecule has 0 spiro atoms. The van der Waals surface area contributed by atoms with Crippen LogP contribution in [-0.2, 0) is 9.59 Å². The molecule has 2 amide bonds. The second kappa shape index (κ2) is 5.42. The molecule has 0 atom stereocenters. The first-order chi connectivity index (χ1) is 10.2. The third-order valence-electron chi connectivity index (χ3n) is 3.11. The van der Waals surface area contributed by atoms with Crippen LogP contribution in [0, 0.1) is 0 Å². The molecule has 0 aliphatic carbocycles. The third kappa shape index (κ3) is 2.53. The minimum atomic E-state index is -0.441. The van der Waals surface area contributed by atoms with Gasteiger partial charge in [0.1, 0.15) is 5.57 Å². The SMILES string of the molecule is O=C1NN(c2ccccc2)C(=O)/C1=C/c1ccccc1Cl. The fourth-order valence-corrected chi connectivity index (χ4v) is 2.25. The number of hydrogen-bond donors (Lipinski definition) is 1. The summed E-state index contributed by atoms with van der Waals surface area (Å²) in [6.07, 6.45) is 1.50. The minimum absolute atomic E-state index is 0.0620. The molecule has 2 aromatic carbocycles. The van der Waals surface area contributed by atoms with Crippen molar-refractivity contribution in [1.29, 1.82) is 0 Å². The lowest BCUT2D eigenvalue weighted by Crippen LogP contribution is -2.35. The van der Waals surface area contributed by atoms with Crippen LogP contribution >= 0.6 is 11.6 Å². The van der Waals surface area contributed by atoms with E-state index in [4.69, 9.17) is 11.6 Å². The Kier molecular flexibility index (Phi) is 3.46. The number of hydrazine groups is 1. The summed E-state index contributed by atoms with van der Waals surface area (Å²) < 4.78 is 0. The van der Waals surface area contributed by atoms with Crippen molar-refractivity contribution in [2.45, 2.75) is 0 Å². The molecular formula is C16H11ClN2O2. The second-order valence-electron chi connectivity index (χ2n) is 4.50. The number of halogens is 1. The van der Waals surface area contributed by atoms with Crippen LogP contribution in [0.5, 0.6) is 0 Å². The summed E-state index contributed by atoms with van der Waals surface area (Å²) in [6.45, 7) is 0. The number of carbonyl (C=O) groups is 2. The maximum Gasteiger partial charge on any atom is 0.282 e. The summed E-state index contributed by atoms with van der Waals surface area (Å²) in [5.41, 5.74) is 3.85. The van der Waals surface area contributed by atoms with Gasteiger partial charge in [0.15, 0.2) is 0 Å². The number of nitrogens with zero attached hydrogens (tertiary/aromatic N) is 1. The molecule has 104 valence electrons. The third-order valence-corrected chi connectivity index (χ3v) is 3.46. The lowest BCUT2D eigenvalue weighted by molar-refractivity contribution is -0.117. The first-order valence-electron chi connectivity index (χ1n) is 6.33. The molecule has 0 radical (unpaired) electrons. The summed E-state index contributed by atoms with van der Waals surface area (Å²) >= 11 is 6.05. The molecule has 0 aromatic heterocycles. The first kappa shape index (κ1) is 13.4. The monoisotopic (exact) mass is 298 g/mol. The van der Waals surface area contributed by atoms with Gasteiger partial charge >= 0.3 is 0 Å². The predicted octanol–water partition coefficient (Wildman–Crippen LogP) is 2.80. The van der Waals surface area contributed by atoms with Crippen LogP contribution in [0.4, 0.5) is 5.69 Å². The Morgan fingerprint density at radius 2 is 1.62 bits per heavy atom. The van der Waals surface area contributed by atoms with Gasteiger partial charge in [-0.1, -0.05) is 48.0 Å². The van der Waals surface area contributed by atoms with Crippen molar-refractivity contribution in [3.63, 3.8) is 0 Å². The van der Waals surface area contributed by atoms with E-state index in [1.807, 2.05) is 6.07 Å². The second-order valence-corrected chi connectivity index (χ2v) is 4.90. The molecule has 0 unspecified atom stereocenters. The Hall–Kier alpha value is -2.59. The van der Waals surface area contributed by atoms with E-state index in [0.29, 0.717) is 16.3 Å². The summed E-state index contributed by atoms with van der Waals surface area (Å²) in [5.74, 6) is -0.838. The van der Waals surface area contributed by atoms with Crippen molar-refractivity contribution in [3.05, 3.63) is 70.8 Å². The van der Waals surface area contributed by atoms with Crippen LogP contribution in [0.3, 0.4) is 0 Å². The van der Waals surface area contributed by atoms with E-state index >= 15 is 0 Å². The molecule has 21 heavy (non-hydrogen) atoms. The van der Waals surface area contributed by atoms with E-state index in [9.17, 15) is 9.59 Å². The quantitative estimate of drug-likeness (QED) is 0.684. The van der Waals surface area contributed by atoms with E-state index in [2.05, 4.69) is 5.43 Å². The van der Waals surface area contributed by atoms with Gasteiger partial charge < -0.3 is 0 Å². The number of amides is 2. The van der Waals surface area contributed by atoms with Gasteiger partial charge in [0.2, 0.25) is 0 Å². The van der Waals surface area contributed by atoms with Crippen molar-refractivity contribution in [3.8, 4) is 0 Å². The van der Waals surface area contributed by atoms with E-state index in [1.54, 1.807) is 48.5 Å². The Balaban J connectivity index is 1.97. The van der Waals surface area contributed by atoms with E-state index in [0.717, 1.165) is 0 Å². The molecule has 1 aliphatic heterocycles. The highest BCUT2D eigenvalue weighted by atomic mass is 35.5. The molecular weight excluding hydrogens is 288 g/mol. The van der Waals surface area contributed by atoms with Crippen LogP contribution < -0.4 is 10.4 Å². The minimum Gasteiger partial charge on any atom is -0.267 e. The van der Waals surface area contributed by atoms with Crippen molar-refractivity contribution >= 4 is 35.2 Å². The Morgan fingerprint density at radius 3 is 2.33 bits per heavy atom. The number of nitrogens with one attached hydrogen (secondary N) is 1. The number of anilines is 1. The summed E-state index contributed by atoms with van der Waals surface area (Å²) in [7, 11) is 0. The molecule has 1 heterocycles. The maximum atomic E-state index is 12.4. The Bertz CT molecular complexity index is 741. The van der Waals surface area contributed by atoms with E-state index < -0.39 is 11.8 Å². The fourth-order valence-electron chi connectivity index (χ4n) is 2.06. The molecule has 0 bridgehead atoms. The lowest BCUT2D eigenvalue weighted by atomic mass is 10.1. The van der Waals surface area contributed by atoms with Gasteiger partial charge in [0.05, 0.1) is 5.69 Å². The molecule has 3 rings (SSSR count). The number of para-hydroxylation sites is 1. The topological polar surface area (TPSA) is 49.4 Å². The van der Waals surface area contributed by atoms with Gasteiger partial charge in [-0.25, -0.2) is 5.01 Å². The zero-order chi connectivity index (χ0) is 14.8. The summed E-state index contributed by atoms with van der Waals surface area (Å²) in [4.78, 5) is 24.4. The van der Waals surface area contributed by atoms with Crippen LogP contribution in [0.1, 0.15) is 5.56 Å². The molecule has 1 N–H and O–H groups in total. The van der Waals surface area contributed by atoms with Crippen LogP contribution in [0.2, 0.25) is 5.02 Å². The number of hydrogen-bond acceptors (Lipinski definition) is 2. The molecule has 1 fully saturated rings. The standard InChI is InChI=1S/C16H11ClN2O2/c17-14-9-5-4-6-11(14)10-13-15(20)18-19(16(13)21)12-7-2-1-3-8-12/h1-10H,(H,18,20)/b13-10+. The molecule has 1 saturated heterocycles. The highest BCUT2D eigenvalue weighted by molar-refractivity contribution is 6.34. The van der Waals surface area contributed by atoms with Crippen LogP contribution in [-0.4, -0.2) is 11.8 Å². The van der Waals surface area contributed by atoms with Gasteiger partial charge in [-0.15, -0.1) is 0 Å². The van der Waals surface area contributed by atoms with Crippen LogP contribution in [0.25, 0.3) is 6.08 Å². The zero-order valence-corrected chi connectivity index (χ0v) is 11.7. The normalized spacial score (nSPS) is 16.4. The molecule has 5 heteroatoms. The average molecular weight is 299 g/mol. The van der Waals surface area contributed by atoms with E-state index in [1.165, 1.54) is 11.1 Å². The zero-order valence-electron chi connectivity index (χ0n) is 10.9. The largest absolute Gasteiger partial charge is 0.282 e. The molecule has 1 aliphatic rings. The first-order valence-corrected chi connectivity index (χ1v) is 6.71. The Morgan fingerprint density at radius 1 is 0.952 bits per heavy atom. The van der Waals surface area contributed by atoms with E-state index in [-0.39, 0.29) is 5.57 Å². The van der Waals surface area contributed by atoms with Gasteiger partial charge in [0, 0.05) is 5.02 Å². The lowest BCUT2D eigenvalue weighted by Gasteiger charge is -2.13. The summed E-state index contributed by atoms with van der Waals surface area (Å²) in [6, 6.07) is 16.0. The van der Waals surface area contributed by atoms with Crippen molar-refractivity contribution in [2.24, 2.45) is 0 Å². The average Bonchev–Trinajstić information content (AvgIpc) is 2.78. The molecule has 2 aromatic rings. The molecule has 4 nitrogen and oxygen atoms in total. The van der Waals surface area contributed by atoms with Gasteiger partial charge in [0.25, 0.3) is 11.8 Å². The van der Waals surface area contributed by atoms with Gasteiger partial charge in [-0.3, -0.25) is 15.0 Å². The predicted molar refractivity (Wildman–Crippen MR) is 81.5 cm³/mol. The maximum absolute atomic E-state index is 12.4. The molecule has 0 saturated carbocycles. The van der Waals surface area contributed by atoms with Gasteiger partial charge in [-0.2, -0.15) is 0 Å². The van der Waals surface area contributed by atoms with Crippen molar-refractivity contribution in [1.82, 2.24) is 5.43 Å².